The fourth-order valence-corrected chi connectivity index (χ4v) is 4.11. The van der Waals surface area contributed by atoms with Gasteiger partial charge in [-0.15, -0.1) is 0 Å². The van der Waals surface area contributed by atoms with Gasteiger partial charge >= 0.3 is 0 Å². The van der Waals surface area contributed by atoms with Crippen LogP contribution in [0.1, 0.15) is 40.0 Å². The molecule has 1 aliphatic rings. The number of nitrogens with zero attached hydrogens (tertiary/aromatic N) is 4. The number of aliphatic hydroxyl groups excluding tert-OH is 1. The fourth-order valence-electron chi connectivity index (χ4n) is 4.11. The summed E-state index contributed by atoms with van der Waals surface area (Å²) < 4.78 is 6.96. The zero-order chi connectivity index (χ0) is 23.4. The topological polar surface area (TPSA) is 136 Å². The van der Waals surface area contributed by atoms with Crippen molar-refractivity contribution in [1.29, 1.82) is 0 Å². The van der Waals surface area contributed by atoms with Crippen LogP contribution < -0.4 is 11.1 Å². The van der Waals surface area contributed by atoms with E-state index >= 15 is 0 Å². The third kappa shape index (κ3) is 4.81. The van der Waals surface area contributed by atoms with Gasteiger partial charge in [-0.05, 0) is 43.5 Å². The second-order valence-corrected chi connectivity index (χ2v) is 8.06. The third-order valence-electron chi connectivity index (χ3n) is 5.78. The molecular formula is C23H28N6O4. The highest BCUT2D eigenvalue weighted by molar-refractivity contribution is 6.04. The van der Waals surface area contributed by atoms with Crippen molar-refractivity contribution >= 4 is 34.6 Å². The number of amides is 2. The number of ether oxygens (including phenoxy) is 1. The van der Waals surface area contributed by atoms with Gasteiger partial charge in [0.2, 0.25) is 5.95 Å². The molecule has 174 valence electrons. The number of carbonyl (C=O) groups is 2. The molecule has 10 nitrogen and oxygen atoms in total. The number of hydrogen-bond acceptors (Lipinski definition) is 7. The first kappa shape index (κ1) is 22.7. The van der Waals surface area contributed by atoms with E-state index in [9.17, 15) is 14.7 Å². The van der Waals surface area contributed by atoms with Gasteiger partial charge < -0.3 is 20.5 Å². The largest absolute Gasteiger partial charge is 0.399 e. The first-order valence-corrected chi connectivity index (χ1v) is 11.0. The number of likely N-dealkylation sites (tertiary alicyclic amines) is 1. The van der Waals surface area contributed by atoms with Crippen LogP contribution in [0.25, 0.3) is 11.2 Å². The van der Waals surface area contributed by atoms with Crippen LogP contribution >= 0.6 is 0 Å². The Hall–Kier alpha value is -3.50. The molecule has 3 aromatic rings. The summed E-state index contributed by atoms with van der Waals surface area (Å²) >= 11 is 0. The Morgan fingerprint density at radius 1 is 1.30 bits per heavy atom. The molecule has 2 amide bonds. The van der Waals surface area contributed by atoms with Gasteiger partial charge in [-0.1, -0.05) is 6.07 Å². The standard InChI is InChI=1S/C23H28N6O4/c1-33-10-4-9-29-20-19(26-23(29)27-21(31)15-5-2-6-17(24)11-15)12-16(13-25-20)22(32)28-8-3-7-18(28)14-30/h2,5-6,11-13,18,30H,3-4,7-10,14,24H2,1H3,(H,26,27,31)/t18-/m0/s1. The fraction of sp³-hybridized carbons (Fsp3) is 0.391. The zero-order valence-electron chi connectivity index (χ0n) is 18.5. The number of hydrogen-bond donors (Lipinski definition) is 3. The van der Waals surface area contributed by atoms with Crippen LogP contribution in [-0.2, 0) is 11.3 Å². The van der Waals surface area contributed by atoms with Crippen molar-refractivity contribution in [1.82, 2.24) is 19.4 Å². The number of nitrogens with two attached hydrogens (primary N) is 1. The van der Waals surface area contributed by atoms with E-state index in [0.717, 1.165) is 12.8 Å². The Morgan fingerprint density at radius 2 is 2.15 bits per heavy atom. The minimum absolute atomic E-state index is 0.0598. The number of carbonyl (C=O) groups excluding carboxylic acids is 2. The van der Waals surface area contributed by atoms with Gasteiger partial charge in [-0.3, -0.25) is 19.5 Å². The summed E-state index contributed by atoms with van der Waals surface area (Å²) in [6.45, 7) is 1.61. The lowest BCUT2D eigenvalue weighted by Gasteiger charge is -2.22. The minimum atomic E-state index is -0.343. The van der Waals surface area contributed by atoms with Gasteiger partial charge in [0, 0.05) is 44.3 Å². The molecule has 1 aliphatic heterocycles. The van der Waals surface area contributed by atoms with Crippen LogP contribution in [0.5, 0.6) is 0 Å². The van der Waals surface area contributed by atoms with E-state index in [2.05, 4.69) is 15.3 Å². The normalized spacial score (nSPS) is 15.8. The van der Waals surface area contributed by atoms with E-state index in [1.807, 2.05) is 0 Å². The minimum Gasteiger partial charge on any atom is -0.399 e. The molecule has 0 bridgehead atoms. The third-order valence-corrected chi connectivity index (χ3v) is 5.78. The Balaban J connectivity index is 1.65. The van der Waals surface area contributed by atoms with Gasteiger partial charge in [0.05, 0.1) is 18.2 Å². The average molecular weight is 453 g/mol. The molecule has 10 heteroatoms. The van der Waals surface area contributed by atoms with Crippen molar-refractivity contribution in [2.75, 3.05) is 37.9 Å². The highest BCUT2D eigenvalue weighted by Crippen LogP contribution is 2.24. The lowest BCUT2D eigenvalue weighted by Crippen LogP contribution is -2.37. The molecule has 3 heterocycles. The number of pyridine rings is 1. The zero-order valence-corrected chi connectivity index (χ0v) is 18.5. The van der Waals surface area contributed by atoms with Crippen LogP contribution in [0.2, 0.25) is 0 Å². The molecule has 1 aromatic carbocycles. The molecule has 0 saturated carbocycles. The molecule has 1 fully saturated rings. The average Bonchev–Trinajstić information content (AvgIpc) is 3.43. The van der Waals surface area contributed by atoms with Crippen LogP contribution in [0.3, 0.4) is 0 Å². The van der Waals surface area contributed by atoms with Crippen LogP contribution in [-0.4, -0.2) is 69.3 Å². The number of nitrogens with one attached hydrogen (secondary N) is 1. The van der Waals surface area contributed by atoms with Crippen LogP contribution in [0.4, 0.5) is 11.6 Å². The predicted octanol–water partition coefficient (Wildman–Crippen LogP) is 1.90. The number of fused-ring (bicyclic) bond motifs is 1. The number of methoxy groups -OCH3 is 1. The van der Waals surface area contributed by atoms with Crippen LogP contribution in [0, 0.1) is 0 Å². The summed E-state index contributed by atoms with van der Waals surface area (Å²) in [6.07, 6.45) is 3.86. The molecule has 4 rings (SSSR count). The number of imidazole rings is 1. The summed E-state index contributed by atoms with van der Waals surface area (Å²) in [4.78, 5) is 36.5. The second kappa shape index (κ2) is 9.97. The lowest BCUT2D eigenvalue weighted by atomic mass is 10.2. The Kier molecular flexibility index (Phi) is 6.85. The van der Waals surface area contributed by atoms with Gasteiger partial charge in [-0.25, -0.2) is 9.97 Å². The van der Waals surface area contributed by atoms with E-state index < -0.39 is 0 Å². The molecule has 0 radical (unpaired) electrons. The Bertz CT molecular complexity index is 1160. The molecular weight excluding hydrogens is 424 g/mol. The van der Waals surface area contributed by atoms with Gasteiger partial charge in [-0.2, -0.15) is 0 Å². The van der Waals surface area contributed by atoms with Crippen LogP contribution in [0.15, 0.2) is 36.5 Å². The SMILES string of the molecule is COCCCn1c(NC(=O)c2cccc(N)c2)nc2cc(C(=O)N3CCC[C@H]3CO)cnc21. The van der Waals surface area contributed by atoms with Gasteiger partial charge in [0.1, 0.15) is 5.52 Å². The molecule has 2 aromatic heterocycles. The molecule has 1 saturated heterocycles. The highest BCUT2D eigenvalue weighted by Gasteiger charge is 2.29. The lowest BCUT2D eigenvalue weighted by molar-refractivity contribution is 0.0677. The number of rotatable bonds is 8. The maximum Gasteiger partial charge on any atom is 0.258 e. The van der Waals surface area contributed by atoms with Crippen molar-refractivity contribution in [3.63, 3.8) is 0 Å². The second-order valence-electron chi connectivity index (χ2n) is 8.06. The summed E-state index contributed by atoms with van der Waals surface area (Å²) in [5, 5.41) is 12.4. The number of anilines is 2. The monoisotopic (exact) mass is 452 g/mol. The summed E-state index contributed by atoms with van der Waals surface area (Å²) in [5.41, 5.74) is 8.17. The van der Waals surface area contributed by atoms with Crippen molar-refractivity contribution in [3.05, 3.63) is 47.7 Å². The molecule has 0 aliphatic carbocycles. The van der Waals surface area contributed by atoms with Gasteiger partial charge in [0.15, 0.2) is 5.65 Å². The molecule has 0 unspecified atom stereocenters. The highest BCUT2D eigenvalue weighted by atomic mass is 16.5. The molecule has 33 heavy (non-hydrogen) atoms. The summed E-state index contributed by atoms with van der Waals surface area (Å²) in [7, 11) is 1.63. The maximum atomic E-state index is 13.0. The van der Waals surface area contributed by atoms with Gasteiger partial charge in [0.25, 0.3) is 11.8 Å². The summed E-state index contributed by atoms with van der Waals surface area (Å²) in [5.74, 6) is -0.190. The number of aryl methyl sites for hydroxylation is 1. The molecule has 0 spiro atoms. The maximum absolute atomic E-state index is 13.0. The molecule has 4 N–H and O–H groups in total. The summed E-state index contributed by atoms with van der Waals surface area (Å²) in [6, 6.07) is 8.19. The van der Waals surface area contributed by atoms with E-state index in [1.54, 1.807) is 46.9 Å². The quantitative estimate of drug-likeness (QED) is 0.351. The first-order valence-electron chi connectivity index (χ1n) is 11.0. The van der Waals surface area contributed by atoms with E-state index in [0.29, 0.717) is 60.0 Å². The Morgan fingerprint density at radius 3 is 2.91 bits per heavy atom. The van der Waals surface area contributed by atoms with E-state index in [4.69, 9.17) is 10.5 Å². The number of benzene rings is 1. The Labute approximate surface area is 191 Å². The van der Waals surface area contributed by atoms with E-state index in [-0.39, 0.29) is 24.5 Å². The van der Waals surface area contributed by atoms with Crippen molar-refractivity contribution in [3.8, 4) is 0 Å². The number of nitrogen functional groups attached to an aromatic ring is 1. The van der Waals surface area contributed by atoms with Crippen molar-refractivity contribution < 1.29 is 19.4 Å². The predicted molar refractivity (Wildman–Crippen MR) is 124 cm³/mol. The smallest absolute Gasteiger partial charge is 0.258 e. The van der Waals surface area contributed by atoms with Crippen molar-refractivity contribution in [2.24, 2.45) is 0 Å². The van der Waals surface area contributed by atoms with E-state index in [1.165, 1.54) is 6.20 Å². The first-order chi connectivity index (χ1) is 16.0. The number of aromatic nitrogens is 3. The number of aliphatic hydroxyl groups is 1. The molecule has 1 atom stereocenters. The van der Waals surface area contributed by atoms with Crippen molar-refractivity contribution in [2.45, 2.75) is 31.8 Å².